The third-order valence-electron chi connectivity index (χ3n) is 4.65. The monoisotopic (exact) mass is 374 g/mol. The number of amides is 1. The van der Waals surface area contributed by atoms with Gasteiger partial charge in [0.05, 0.1) is 12.8 Å². The van der Waals surface area contributed by atoms with Gasteiger partial charge in [-0.25, -0.2) is 0 Å². The number of hydrogen-bond acceptors (Lipinski definition) is 3. The Morgan fingerprint density at radius 3 is 2.50 bits per heavy atom. The van der Waals surface area contributed by atoms with E-state index in [1.54, 1.807) is 7.11 Å². The topological polar surface area (TPSA) is 50.4 Å². The van der Waals surface area contributed by atoms with Crippen LogP contribution in [0, 0.1) is 6.92 Å². The van der Waals surface area contributed by atoms with Crippen molar-refractivity contribution in [2.75, 3.05) is 17.7 Å². The zero-order chi connectivity index (χ0) is 19.9. The van der Waals surface area contributed by atoms with Gasteiger partial charge in [-0.05, 0) is 54.3 Å². The zero-order valence-electron chi connectivity index (χ0n) is 16.5. The van der Waals surface area contributed by atoms with Gasteiger partial charge in [0.25, 0.3) is 5.91 Å². The lowest BCUT2D eigenvalue weighted by Crippen LogP contribution is -2.27. The molecule has 0 fully saturated rings. The molecule has 1 amide bonds. The molecule has 0 aliphatic heterocycles. The fourth-order valence-electron chi connectivity index (χ4n) is 3.12. The summed E-state index contributed by atoms with van der Waals surface area (Å²) in [7, 11) is 1.60. The van der Waals surface area contributed by atoms with Crippen molar-refractivity contribution in [1.29, 1.82) is 0 Å². The van der Waals surface area contributed by atoms with E-state index in [1.165, 1.54) is 5.56 Å². The Labute approximate surface area is 166 Å². The van der Waals surface area contributed by atoms with Crippen molar-refractivity contribution in [2.24, 2.45) is 0 Å². The summed E-state index contributed by atoms with van der Waals surface area (Å²) in [4.78, 5) is 13.2. The highest BCUT2D eigenvalue weighted by Gasteiger charge is 2.22. The van der Waals surface area contributed by atoms with Crippen molar-refractivity contribution in [3.8, 4) is 5.75 Å². The molecule has 0 saturated heterocycles. The summed E-state index contributed by atoms with van der Waals surface area (Å²) in [5.74, 6) is 0.496. The third-order valence-corrected chi connectivity index (χ3v) is 4.65. The number of nitrogens with one attached hydrogen (secondary N) is 2. The summed E-state index contributed by atoms with van der Waals surface area (Å²) < 4.78 is 5.40. The first kappa shape index (κ1) is 19.5. The first-order valence-electron chi connectivity index (χ1n) is 9.46. The van der Waals surface area contributed by atoms with E-state index in [1.807, 2.05) is 67.6 Å². The van der Waals surface area contributed by atoms with Crippen molar-refractivity contribution in [2.45, 2.75) is 26.3 Å². The van der Waals surface area contributed by atoms with Gasteiger partial charge in [0.1, 0.15) is 11.8 Å². The molecule has 4 heteroatoms. The number of aryl methyl sites for hydroxylation is 2. The molecule has 0 bridgehead atoms. The number of ether oxygens (including phenoxy) is 1. The van der Waals surface area contributed by atoms with Gasteiger partial charge in [0.15, 0.2) is 0 Å². The maximum absolute atomic E-state index is 13.2. The maximum Gasteiger partial charge on any atom is 0.251 e. The molecule has 0 aliphatic rings. The molecule has 0 aliphatic carbocycles. The summed E-state index contributed by atoms with van der Waals surface area (Å²) in [6, 6.07) is 23.1. The number of carbonyl (C=O) groups is 1. The lowest BCUT2D eigenvalue weighted by molar-refractivity contribution is -0.117. The fourth-order valence-corrected chi connectivity index (χ4v) is 3.12. The normalized spacial score (nSPS) is 11.5. The summed E-state index contributed by atoms with van der Waals surface area (Å²) in [5, 5.41) is 6.41. The Morgan fingerprint density at radius 1 is 1.00 bits per heavy atom. The lowest BCUT2D eigenvalue weighted by atomic mass is 10.0. The Balaban J connectivity index is 1.90. The fraction of sp³-hybridized carbons (Fsp3) is 0.208. The highest BCUT2D eigenvalue weighted by molar-refractivity contribution is 5.98. The number of methoxy groups -OCH3 is 1. The zero-order valence-corrected chi connectivity index (χ0v) is 16.5. The van der Waals surface area contributed by atoms with Crippen LogP contribution in [0.1, 0.15) is 29.7 Å². The summed E-state index contributed by atoms with van der Waals surface area (Å²) in [5.41, 5.74) is 4.75. The van der Waals surface area contributed by atoms with Gasteiger partial charge in [-0.1, -0.05) is 55.5 Å². The molecular weight excluding hydrogens is 348 g/mol. The van der Waals surface area contributed by atoms with Crippen LogP contribution in [-0.2, 0) is 11.2 Å². The standard InChI is InChI=1S/C24H26N2O2/c1-4-18-9-8-12-20(16-18)25-23(19-10-6-5-7-11-19)24(27)26-21-15-17(2)13-14-22(21)28-3/h5-16,23,25H,4H2,1-3H3,(H,26,27)/t23-/m0/s1. The van der Waals surface area contributed by atoms with Gasteiger partial charge in [-0.2, -0.15) is 0 Å². The van der Waals surface area contributed by atoms with Crippen molar-refractivity contribution in [3.05, 3.63) is 89.5 Å². The second kappa shape index (κ2) is 9.09. The Hall–Kier alpha value is -3.27. The van der Waals surface area contributed by atoms with E-state index in [2.05, 4.69) is 29.7 Å². The molecular formula is C24H26N2O2. The van der Waals surface area contributed by atoms with E-state index in [0.29, 0.717) is 11.4 Å². The Bertz CT molecular complexity index is 938. The van der Waals surface area contributed by atoms with Crippen LogP contribution < -0.4 is 15.4 Å². The van der Waals surface area contributed by atoms with Crippen LogP contribution in [0.4, 0.5) is 11.4 Å². The van der Waals surface area contributed by atoms with E-state index in [0.717, 1.165) is 23.2 Å². The molecule has 1 atom stereocenters. The van der Waals surface area contributed by atoms with E-state index < -0.39 is 6.04 Å². The molecule has 0 radical (unpaired) electrons. The van der Waals surface area contributed by atoms with Crippen molar-refractivity contribution in [1.82, 2.24) is 0 Å². The molecule has 0 unspecified atom stereocenters. The minimum absolute atomic E-state index is 0.142. The largest absolute Gasteiger partial charge is 0.495 e. The average Bonchev–Trinajstić information content (AvgIpc) is 2.73. The molecule has 3 aromatic carbocycles. The van der Waals surface area contributed by atoms with Crippen LogP contribution in [0.25, 0.3) is 0 Å². The van der Waals surface area contributed by atoms with Crippen LogP contribution in [0.5, 0.6) is 5.75 Å². The van der Waals surface area contributed by atoms with Crippen LogP contribution >= 0.6 is 0 Å². The van der Waals surface area contributed by atoms with Gasteiger partial charge in [0, 0.05) is 5.69 Å². The van der Waals surface area contributed by atoms with Gasteiger partial charge >= 0.3 is 0 Å². The quantitative estimate of drug-likeness (QED) is 0.585. The predicted octanol–water partition coefficient (Wildman–Crippen LogP) is 5.36. The molecule has 4 nitrogen and oxygen atoms in total. The first-order valence-corrected chi connectivity index (χ1v) is 9.46. The van der Waals surface area contributed by atoms with Gasteiger partial charge < -0.3 is 15.4 Å². The van der Waals surface area contributed by atoms with Crippen molar-refractivity contribution >= 4 is 17.3 Å². The molecule has 2 N–H and O–H groups in total. The summed E-state index contributed by atoms with van der Waals surface area (Å²) in [6.45, 7) is 4.10. The summed E-state index contributed by atoms with van der Waals surface area (Å²) in [6.07, 6.45) is 0.943. The molecule has 0 spiro atoms. The third kappa shape index (κ3) is 4.71. The van der Waals surface area contributed by atoms with Crippen LogP contribution in [0.15, 0.2) is 72.8 Å². The molecule has 0 saturated carbocycles. The maximum atomic E-state index is 13.2. The number of rotatable bonds is 7. The van der Waals surface area contributed by atoms with E-state index in [4.69, 9.17) is 4.74 Å². The first-order chi connectivity index (χ1) is 13.6. The number of hydrogen-bond donors (Lipinski definition) is 2. The van der Waals surface area contributed by atoms with Gasteiger partial charge in [0.2, 0.25) is 0 Å². The minimum atomic E-state index is -0.529. The lowest BCUT2D eigenvalue weighted by Gasteiger charge is -2.21. The van der Waals surface area contributed by atoms with Crippen molar-refractivity contribution < 1.29 is 9.53 Å². The number of carbonyl (C=O) groups excluding carboxylic acids is 1. The van der Waals surface area contributed by atoms with E-state index >= 15 is 0 Å². The van der Waals surface area contributed by atoms with E-state index in [-0.39, 0.29) is 5.91 Å². The molecule has 0 aromatic heterocycles. The molecule has 3 rings (SSSR count). The number of anilines is 2. The average molecular weight is 374 g/mol. The molecule has 144 valence electrons. The number of benzene rings is 3. The molecule has 0 heterocycles. The van der Waals surface area contributed by atoms with Gasteiger partial charge in [-0.3, -0.25) is 4.79 Å². The van der Waals surface area contributed by atoms with Crippen LogP contribution in [0.2, 0.25) is 0 Å². The SMILES string of the molecule is CCc1cccc(N[C@H](C(=O)Nc2cc(C)ccc2OC)c2ccccc2)c1. The Kier molecular flexibility index (Phi) is 6.33. The highest BCUT2D eigenvalue weighted by atomic mass is 16.5. The van der Waals surface area contributed by atoms with Crippen LogP contribution in [-0.4, -0.2) is 13.0 Å². The van der Waals surface area contributed by atoms with E-state index in [9.17, 15) is 4.79 Å². The van der Waals surface area contributed by atoms with Crippen LogP contribution in [0.3, 0.4) is 0 Å². The predicted molar refractivity (Wildman–Crippen MR) is 115 cm³/mol. The molecule has 3 aromatic rings. The smallest absolute Gasteiger partial charge is 0.251 e. The second-order valence-electron chi connectivity index (χ2n) is 6.73. The Morgan fingerprint density at radius 2 is 1.79 bits per heavy atom. The van der Waals surface area contributed by atoms with Gasteiger partial charge in [-0.15, -0.1) is 0 Å². The highest BCUT2D eigenvalue weighted by Crippen LogP contribution is 2.28. The van der Waals surface area contributed by atoms with Crippen molar-refractivity contribution in [3.63, 3.8) is 0 Å². The molecule has 28 heavy (non-hydrogen) atoms. The summed E-state index contributed by atoms with van der Waals surface area (Å²) >= 11 is 0. The second-order valence-corrected chi connectivity index (χ2v) is 6.73. The minimum Gasteiger partial charge on any atom is -0.495 e.